The quantitative estimate of drug-likeness (QED) is 0.789. The van der Waals surface area contributed by atoms with Crippen LogP contribution in [0.3, 0.4) is 0 Å². The first-order valence-electron chi connectivity index (χ1n) is 9.51. The van der Waals surface area contributed by atoms with Crippen LogP contribution in [0.15, 0.2) is 30.5 Å². The van der Waals surface area contributed by atoms with Crippen LogP contribution in [0.1, 0.15) is 21.6 Å². The second kappa shape index (κ2) is 8.44. The second-order valence-electron chi connectivity index (χ2n) is 6.91. The Morgan fingerprint density at radius 1 is 1.24 bits per heavy atom. The van der Waals surface area contributed by atoms with Crippen molar-refractivity contribution in [3.8, 4) is 5.75 Å². The minimum atomic E-state index is -0.316. The molecule has 0 unspecified atom stereocenters. The van der Waals surface area contributed by atoms with Gasteiger partial charge in [0.05, 0.1) is 39.1 Å². The first-order chi connectivity index (χ1) is 14.1. The lowest BCUT2D eigenvalue weighted by molar-refractivity contribution is -0.130. The molecule has 0 aliphatic carbocycles. The Balaban J connectivity index is 1.34. The van der Waals surface area contributed by atoms with E-state index in [9.17, 15) is 9.59 Å². The average Bonchev–Trinajstić information content (AvgIpc) is 3.21. The molecular formula is C20H23N5O4. The van der Waals surface area contributed by atoms with Crippen LogP contribution >= 0.6 is 0 Å². The van der Waals surface area contributed by atoms with Gasteiger partial charge in [0.2, 0.25) is 11.9 Å². The van der Waals surface area contributed by atoms with Gasteiger partial charge in [0.15, 0.2) is 0 Å². The number of benzene rings is 1. The van der Waals surface area contributed by atoms with Gasteiger partial charge in [-0.3, -0.25) is 9.59 Å². The SMILES string of the molecule is COc1cccc(C(=O)NCC(=O)N2Cc3cnc(N4CCOCC4)nc3C2)c1. The van der Waals surface area contributed by atoms with Gasteiger partial charge in [0, 0.05) is 37.0 Å². The number of methoxy groups -OCH3 is 1. The molecule has 0 atom stereocenters. The Morgan fingerprint density at radius 2 is 2.07 bits per heavy atom. The van der Waals surface area contributed by atoms with Gasteiger partial charge in [0.1, 0.15) is 5.75 Å². The molecule has 2 amide bonds. The van der Waals surface area contributed by atoms with Crippen LogP contribution in [-0.4, -0.2) is 66.6 Å². The van der Waals surface area contributed by atoms with Crippen LogP contribution in [0.4, 0.5) is 5.95 Å². The van der Waals surface area contributed by atoms with Crippen molar-refractivity contribution >= 4 is 17.8 Å². The predicted molar refractivity (Wildman–Crippen MR) is 105 cm³/mol. The molecule has 1 N–H and O–H groups in total. The molecule has 1 aromatic heterocycles. The monoisotopic (exact) mass is 397 g/mol. The van der Waals surface area contributed by atoms with Gasteiger partial charge in [-0.05, 0) is 18.2 Å². The van der Waals surface area contributed by atoms with E-state index in [4.69, 9.17) is 9.47 Å². The van der Waals surface area contributed by atoms with Crippen molar-refractivity contribution in [2.45, 2.75) is 13.1 Å². The van der Waals surface area contributed by atoms with Crippen LogP contribution in [0.5, 0.6) is 5.75 Å². The highest BCUT2D eigenvalue weighted by atomic mass is 16.5. The third-order valence-electron chi connectivity index (χ3n) is 5.02. The number of hydrogen-bond donors (Lipinski definition) is 1. The lowest BCUT2D eigenvalue weighted by atomic mass is 10.2. The summed E-state index contributed by atoms with van der Waals surface area (Å²) in [5, 5.41) is 2.67. The topological polar surface area (TPSA) is 96.9 Å². The highest BCUT2D eigenvalue weighted by molar-refractivity contribution is 5.96. The van der Waals surface area contributed by atoms with Gasteiger partial charge in [0.25, 0.3) is 5.91 Å². The van der Waals surface area contributed by atoms with Crippen LogP contribution in [0, 0.1) is 0 Å². The minimum Gasteiger partial charge on any atom is -0.497 e. The molecule has 4 rings (SSSR count). The number of nitrogens with zero attached hydrogens (tertiary/aromatic N) is 4. The highest BCUT2D eigenvalue weighted by Crippen LogP contribution is 2.22. The third-order valence-corrected chi connectivity index (χ3v) is 5.02. The molecular weight excluding hydrogens is 374 g/mol. The normalized spacial score (nSPS) is 15.8. The van der Waals surface area contributed by atoms with Crippen molar-refractivity contribution in [1.82, 2.24) is 20.2 Å². The molecule has 152 valence electrons. The summed E-state index contributed by atoms with van der Waals surface area (Å²) in [6, 6.07) is 6.80. The summed E-state index contributed by atoms with van der Waals surface area (Å²) >= 11 is 0. The molecule has 0 spiro atoms. The molecule has 9 nitrogen and oxygen atoms in total. The van der Waals surface area contributed by atoms with Crippen molar-refractivity contribution in [3.63, 3.8) is 0 Å². The van der Waals surface area contributed by atoms with Crippen LogP contribution in [0.25, 0.3) is 0 Å². The number of aromatic nitrogens is 2. The highest BCUT2D eigenvalue weighted by Gasteiger charge is 2.26. The van der Waals surface area contributed by atoms with E-state index in [-0.39, 0.29) is 18.4 Å². The van der Waals surface area contributed by atoms with E-state index in [0.717, 1.165) is 24.3 Å². The molecule has 1 fully saturated rings. The Morgan fingerprint density at radius 3 is 2.86 bits per heavy atom. The Labute approximate surface area is 168 Å². The number of anilines is 1. The van der Waals surface area contributed by atoms with Gasteiger partial charge in [-0.15, -0.1) is 0 Å². The van der Waals surface area contributed by atoms with E-state index in [1.54, 1.807) is 42.5 Å². The maximum absolute atomic E-state index is 12.6. The maximum Gasteiger partial charge on any atom is 0.251 e. The smallest absolute Gasteiger partial charge is 0.251 e. The van der Waals surface area contributed by atoms with E-state index >= 15 is 0 Å². The van der Waals surface area contributed by atoms with Crippen LogP contribution < -0.4 is 15.0 Å². The first kappa shape index (κ1) is 19.1. The molecule has 3 heterocycles. The summed E-state index contributed by atoms with van der Waals surface area (Å²) in [5.41, 5.74) is 2.24. The van der Waals surface area contributed by atoms with Gasteiger partial charge >= 0.3 is 0 Å². The Hall–Kier alpha value is -3.20. The summed E-state index contributed by atoms with van der Waals surface area (Å²) in [5.74, 6) is 0.789. The van der Waals surface area contributed by atoms with Gasteiger partial charge in [-0.1, -0.05) is 6.07 Å². The fraction of sp³-hybridized carbons (Fsp3) is 0.400. The number of morpholine rings is 1. The summed E-state index contributed by atoms with van der Waals surface area (Å²) in [6.07, 6.45) is 1.79. The molecule has 2 aromatic rings. The number of carbonyl (C=O) groups is 2. The first-order valence-corrected chi connectivity index (χ1v) is 9.51. The summed E-state index contributed by atoms with van der Waals surface area (Å²) in [7, 11) is 1.54. The van der Waals surface area contributed by atoms with Crippen molar-refractivity contribution in [2.24, 2.45) is 0 Å². The van der Waals surface area contributed by atoms with E-state index in [0.29, 0.717) is 43.6 Å². The molecule has 2 aliphatic rings. The standard InChI is InChI=1S/C20H23N5O4/c1-28-16-4-2-3-14(9-16)19(27)21-11-18(26)25-12-15-10-22-20(23-17(15)13-25)24-5-7-29-8-6-24/h2-4,9-10H,5-8,11-13H2,1H3,(H,21,27). The number of nitrogens with one attached hydrogen (secondary N) is 1. The summed E-state index contributed by atoms with van der Waals surface area (Å²) in [6.45, 7) is 3.65. The van der Waals surface area contributed by atoms with Crippen LogP contribution in [-0.2, 0) is 22.6 Å². The van der Waals surface area contributed by atoms with Gasteiger partial charge in [-0.2, -0.15) is 0 Å². The minimum absolute atomic E-state index is 0.0756. The fourth-order valence-corrected chi connectivity index (χ4v) is 3.37. The maximum atomic E-state index is 12.6. The lowest BCUT2D eigenvalue weighted by Gasteiger charge is -2.26. The summed E-state index contributed by atoms with van der Waals surface area (Å²) < 4.78 is 10.5. The molecule has 29 heavy (non-hydrogen) atoms. The van der Waals surface area contributed by atoms with Crippen molar-refractivity contribution in [3.05, 3.63) is 47.3 Å². The van der Waals surface area contributed by atoms with E-state index in [2.05, 4.69) is 20.2 Å². The number of hydrogen-bond acceptors (Lipinski definition) is 7. The van der Waals surface area contributed by atoms with Crippen molar-refractivity contribution in [2.75, 3.05) is 44.9 Å². The Bertz CT molecular complexity index is 913. The van der Waals surface area contributed by atoms with Crippen LogP contribution in [0.2, 0.25) is 0 Å². The molecule has 0 saturated carbocycles. The number of carbonyl (C=O) groups excluding carboxylic acids is 2. The van der Waals surface area contributed by atoms with Gasteiger partial charge < -0.3 is 24.6 Å². The lowest BCUT2D eigenvalue weighted by Crippen LogP contribution is -2.37. The number of ether oxygens (including phenoxy) is 2. The average molecular weight is 397 g/mol. The number of fused-ring (bicyclic) bond motifs is 1. The molecule has 0 radical (unpaired) electrons. The van der Waals surface area contributed by atoms with Gasteiger partial charge in [-0.25, -0.2) is 9.97 Å². The zero-order valence-electron chi connectivity index (χ0n) is 16.3. The second-order valence-corrected chi connectivity index (χ2v) is 6.91. The zero-order chi connectivity index (χ0) is 20.2. The largest absolute Gasteiger partial charge is 0.497 e. The number of rotatable bonds is 5. The van der Waals surface area contributed by atoms with E-state index < -0.39 is 0 Å². The summed E-state index contributed by atoms with van der Waals surface area (Å²) in [4.78, 5) is 37.7. The van der Waals surface area contributed by atoms with Crippen molar-refractivity contribution in [1.29, 1.82) is 0 Å². The molecule has 9 heteroatoms. The Kier molecular flexibility index (Phi) is 5.57. The molecule has 2 aliphatic heterocycles. The number of amides is 2. The van der Waals surface area contributed by atoms with Crippen molar-refractivity contribution < 1.29 is 19.1 Å². The zero-order valence-corrected chi connectivity index (χ0v) is 16.3. The molecule has 0 bridgehead atoms. The molecule has 1 saturated heterocycles. The fourth-order valence-electron chi connectivity index (χ4n) is 3.37. The third kappa shape index (κ3) is 4.29. The predicted octanol–water partition coefficient (Wildman–Crippen LogP) is 0.594. The molecule has 1 aromatic carbocycles. The van der Waals surface area contributed by atoms with E-state index in [1.807, 2.05) is 0 Å². The van der Waals surface area contributed by atoms with E-state index in [1.165, 1.54) is 0 Å².